The van der Waals surface area contributed by atoms with Gasteiger partial charge in [-0.2, -0.15) is 0 Å². The highest BCUT2D eigenvalue weighted by atomic mass is 16.2. The molecule has 1 saturated carbocycles. The Morgan fingerprint density at radius 2 is 1.70 bits per heavy atom. The van der Waals surface area contributed by atoms with Crippen LogP contribution in [0.5, 0.6) is 0 Å². The summed E-state index contributed by atoms with van der Waals surface area (Å²) in [7, 11) is 0. The van der Waals surface area contributed by atoms with Gasteiger partial charge in [-0.15, -0.1) is 0 Å². The van der Waals surface area contributed by atoms with Crippen molar-refractivity contribution in [2.45, 2.75) is 31.1 Å². The Morgan fingerprint density at radius 3 is 2.37 bits per heavy atom. The molecule has 1 aliphatic carbocycles. The normalized spacial score (nSPS) is 20.5. The quantitative estimate of drug-likeness (QED) is 0.823. The number of nitrogens with zero attached hydrogens (tertiary/aromatic N) is 1. The average Bonchev–Trinajstić information content (AvgIpc) is 3.42. The number of hydrogen-bond acceptors (Lipinski definition) is 2. The number of hydrogen-bond donors (Lipinski definition) is 1. The largest absolute Gasteiger partial charge is 0.355 e. The van der Waals surface area contributed by atoms with E-state index in [0.29, 0.717) is 26.1 Å². The van der Waals surface area contributed by atoms with Crippen LogP contribution >= 0.6 is 0 Å². The zero-order valence-electron chi connectivity index (χ0n) is 15.6. The van der Waals surface area contributed by atoms with E-state index in [1.807, 2.05) is 29.2 Å². The third-order valence-electron chi connectivity index (χ3n) is 5.94. The van der Waals surface area contributed by atoms with E-state index in [4.69, 9.17) is 0 Å². The minimum Gasteiger partial charge on any atom is -0.355 e. The maximum absolute atomic E-state index is 12.6. The van der Waals surface area contributed by atoms with Gasteiger partial charge in [0.2, 0.25) is 11.8 Å². The molecule has 2 fully saturated rings. The van der Waals surface area contributed by atoms with Crippen molar-refractivity contribution in [1.82, 2.24) is 10.2 Å². The number of benzene rings is 2. The molecule has 4 rings (SSSR count). The standard InChI is InChI=1S/C23H26N2O2/c26-21-15-19(16-25(21)14-11-18-7-3-1-4-8-18)22(27)24-17-23(12-13-23)20-9-5-2-6-10-20/h1-10,19H,11-17H2,(H,24,27). The Kier molecular flexibility index (Phi) is 4.97. The second kappa shape index (κ2) is 7.55. The fourth-order valence-electron chi connectivity index (χ4n) is 3.98. The Labute approximate surface area is 160 Å². The summed E-state index contributed by atoms with van der Waals surface area (Å²) < 4.78 is 0. The van der Waals surface area contributed by atoms with E-state index in [2.05, 4.69) is 41.7 Å². The first-order valence-corrected chi connectivity index (χ1v) is 9.81. The monoisotopic (exact) mass is 362 g/mol. The van der Waals surface area contributed by atoms with Gasteiger partial charge in [-0.05, 0) is 30.4 Å². The summed E-state index contributed by atoms with van der Waals surface area (Å²) in [6.07, 6.45) is 3.39. The first-order valence-electron chi connectivity index (χ1n) is 9.81. The summed E-state index contributed by atoms with van der Waals surface area (Å²) in [4.78, 5) is 26.8. The third kappa shape index (κ3) is 4.05. The Bertz CT molecular complexity index is 800. The molecule has 2 aliphatic rings. The summed E-state index contributed by atoms with van der Waals surface area (Å²) in [6, 6.07) is 20.6. The number of nitrogens with one attached hydrogen (secondary N) is 1. The summed E-state index contributed by atoms with van der Waals surface area (Å²) >= 11 is 0. The van der Waals surface area contributed by atoms with Crippen molar-refractivity contribution in [3.63, 3.8) is 0 Å². The molecule has 2 aromatic carbocycles. The predicted molar refractivity (Wildman–Crippen MR) is 105 cm³/mol. The first-order chi connectivity index (χ1) is 13.2. The summed E-state index contributed by atoms with van der Waals surface area (Å²) in [5.74, 6) is -0.108. The highest BCUT2D eigenvalue weighted by Gasteiger charge is 2.45. The number of carbonyl (C=O) groups is 2. The van der Waals surface area contributed by atoms with Crippen molar-refractivity contribution >= 4 is 11.8 Å². The minimum atomic E-state index is -0.222. The molecule has 1 atom stereocenters. The van der Waals surface area contributed by atoms with E-state index in [9.17, 15) is 9.59 Å². The van der Waals surface area contributed by atoms with Crippen molar-refractivity contribution in [3.8, 4) is 0 Å². The zero-order valence-corrected chi connectivity index (χ0v) is 15.6. The molecule has 0 aromatic heterocycles. The maximum Gasteiger partial charge on any atom is 0.225 e. The van der Waals surface area contributed by atoms with Crippen molar-refractivity contribution in [2.75, 3.05) is 19.6 Å². The molecule has 0 spiro atoms. The molecule has 4 nitrogen and oxygen atoms in total. The lowest BCUT2D eigenvalue weighted by Gasteiger charge is -2.19. The van der Waals surface area contributed by atoms with Crippen LogP contribution in [0.25, 0.3) is 0 Å². The predicted octanol–water partition coefficient (Wildman–Crippen LogP) is 2.93. The van der Waals surface area contributed by atoms with Gasteiger partial charge in [0.1, 0.15) is 0 Å². The van der Waals surface area contributed by atoms with Crippen LogP contribution in [0.2, 0.25) is 0 Å². The van der Waals surface area contributed by atoms with Crippen LogP contribution in [0.3, 0.4) is 0 Å². The SMILES string of the molecule is O=C(NCC1(c2ccccc2)CC1)C1CC(=O)N(CCc2ccccc2)C1. The van der Waals surface area contributed by atoms with Gasteiger partial charge >= 0.3 is 0 Å². The Hall–Kier alpha value is -2.62. The van der Waals surface area contributed by atoms with Crippen LogP contribution in [0.4, 0.5) is 0 Å². The summed E-state index contributed by atoms with van der Waals surface area (Å²) in [5, 5.41) is 3.12. The zero-order chi connectivity index (χ0) is 18.7. The maximum atomic E-state index is 12.6. The molecule has 1 aliphatic heterocycles. The van der Waals surface area contributed by atoms with E-state index in [1.165, 1.54) is 11.1 Å². The highest BCUT2D eigenvalue weighted by molar-refractivity contribution is 5.89. The fraction of sp³-hybridized carbons (Fsp3) is 0.391. The molecule has 4 heteroatoms. The van der Waals surface area contributed by atoms with Gasteiger partial charge in [0, 0.05) is 31.5 Å². The lowest BCUT2D eigenvalue weighted by atomic mass is 9.95. The fourth-order valence-corrected chi connectivity index (χ4v) is 3.98. The van der Waals surface area contributed by atoms with Crippen molar-refractivity contribution in [1.29, 1.82) is 0 Å². The molecule has 2 aromatic rings. The molecular weight excluding hydrogens is 336 g/mol. The highest BCUT2D eigenvalue weighted by Crippen LogP contribution is 2.47. The van der Waals surface area contributed by atoms with E-state index < -0.39 is 0 Å². The lowest BCUT2D eigenvalue weighted by Crippen LogP contribution is -2.37. The minimum absolute atomic E-state index is 0.0211. The van der Waals surface area contributed by atoms with E-state index in [0.717, 1.165) is 19.3 Å². The van der Waals surface area contributed by atoms with Crippen LogP contribution in [-0.2, 0) is 21.4 Å². The molecule has 0 bridgehead atoms. The van der Waals surface area contributed by atoms with Gasteiger partial charge in [0.25, 0.3) is 0 Å². The topological polar surface area (TPSA) is 49.4 Å². The molecule has 1 heterocycles. The Morgan fingerprint density at radius 1 is 1.04 bits per heavy atom. The van der Waals surface area contributed by atoms with Crippen LogP contribution in [0, 0.1) is 5.92 Å². The number of carbonyl (C=O) groups excluding carboxylic acids is 2. The molecule has 1 saturated heterocycles. The molecule has 140 valence electrons. The molecular formula is C23H26N2O2. The lowest BCUT2D eigenvalue weighted by molar-refractivity contribution is -0.129. The van der Waals surface area contributed by atoms with Gasteiger partial charge in [-0.3, -0.25) is 9.59 Å². The van der Waals surface area contributed by atoms with E-state index >= 15 is 0 Å². The van der Waals surface area contributed by atoms with E-state index in [1.54, 1.807) is 0 Å². The van der Waals surface area contributed by atoms with Gasteiger partial charge in [0.15, 0.2) is 0 Å². The second-order valence-corrected chi connectivity index (χ2v) is 7.84. The average molecular weight is 362 g/mol. The van der Waals surface area contributed by atoms with Crippen LogP contribution < -0.4 is 5.32 Å². The number of likely N-dealkylation sites (tertiary alicyclic amines) is 1. The van der Waals surface area contributed by atoms with Crippen LogP contribution in [0.15, 0.2) is 60.7 Å². The first kappa shape index (κ1) is 17.8. The number of amides is 2. The molecule has 2 amide bonds. The van der Waals surface area contributed by atoms with Gasteiger partial charge in [-0.25, -0.2) is 0 Å². The third-order valence-corrected chi connectivity index (χ3v) is 5.94. The van der Waals surface area contributed by atoms with Crippen molar-refractivity contribution < 1.29 is 9.59 Å². The van der Waals surface area contributed by atoms with Gasteiger partial charge in [-0.1, -0.05) is 60.7 Å². The molecule has 27 heavy (non-hydrogen) atoms. The molecule has 0 radical (unpaired) electrons. The van der Waals surface area contributed by atoms with Crippen LogP contribution in [-0.4, -0.2) is 36.3 Å². The second-order valence-electron chi connectivity index (χ2n) is 7.84. The van der Waals surface area contributed by atoms with Gasteiger partial charge < -0.3 is 10.2 Å². The Balaban J connectivity index is 1.28. The molecule has 1 unspecified atom stereocenters. The smallest absolute Gasteiger partial charge is 0.225 e. The molecule has 1 N–H and O–H groups in total. The van der Waals surface area contributed by atoms with Gasteiger partial charge in [0.05, 0.1) is 5.92 Å². The van der Waals surface area contributed by atoms with E-state index in [-0.39, 0.29) is 23.1 Å². The summed E-state index contributed by atoms with van der Waals surface area (Å²) in [6.45, 7) is 1.89. The van der Waals surface area contributed by atoms with Crippen LogP contribution in [0.1, 0.15) is 30.4 Å². The summed E-state index contributed by atoms with van der Waals surface area (Å²) in [5.41, 5.74) is 2.63. The number of rotatable bonds is 7. The van der Waals surface area contributed by atoms with Crippen molar-refractivity contribution in [2.24, 2.45) is 5.92 Å². The van der Waals surface area contributed by atoms with Crippen molar-refractivity contribution in [3.05, 3.63) is 71.8 Å².